The van der Waals surface area contributed by atoms with Crippen LogP contribution in [0.25, 0.3) is 0 Å². The highest BCUT2D eigenvalue weighted by molar-refractivity contribution is 14.1. The van der Waals surface area contributed by atoms with Gasteiger partial charge >= 0.3 is 5.97 Å². The first-order chi connectivity index (χ1) is 9.88. The number of aromatic nitrogens is 1. The lowest BCUT2D eigenvalue weighted by molar-refractivity contribution is -0.385. The van der Waals surface area contributed by atoms with Gasteiger partial charge in [0.15, 0.2) is 0 Å². The number of nitrogens with zero attached hydrogens (tertiary/aromatic N) is 2. The van der Waals surface area contributed by atoms with Gasteiger partial charge in [0.25, 0.3) is 5.69 Å². The molecule has 0 bridgehead atoms. The maximum atomic E-state index is 10.9. The summed E-state index contributed by atoms with van der Waals surface area (Å²) in [4.78, 5) is 24.9. The van der Waals surface area contributed by atoms with Crippen LogP contribution in [0.15, 0.2) is 34.9 Å². The minimum absolute atomic E-state index is 0.0726. The predicted octanol–water partition coefficient (Wildman–Crippen LogP) is 3.85. The van der Waals surface area contributed by atoms with E-state index in [-0.39, 0.29) is 17.1 Å². The van der Waals surface area contributed by atoms with Gasteiger partial charge in [0.2, 0.25) is 5.88 Å². The summed E-state index contributed by atoms with van der Waals surface area (Å²) in [6.45, 7) is 0. The number of halogens is 2. The average molecular weight is 465 g/mol. The molecular weight excluding hydrogens is 459 g/mol. The van der Waals surface area contributed by atoms with E-state index in [0.29, 0.717) is 13.8 Å². The molecule has 0 fully saturated rings. The summed E-state index contributed by atoms with van der Waals surface area (Å²) < 4.78 is 6.50. The molecule has 0 saturated carbocycles. The van der Waals surface area contributed by atoms with E-state index in [9.17, 15) is 14.9 Å². The van der Waals surface area contributed by atoms with Gasteiger partial charge in [0.05, 0.1) is 18.5 Å². The van der Waals surface area contributed by atoms with Gasteiger partial charge in [-0.2, -0.15) is 0 Å². The topological polar surface area (TPSA) is 103 Å². The number of nitro groups is 1. The first-order valence-corrected chi connectivity index (χ1v) is 7.26. The van der Waals surface area contributed by atoms with E-state index in [1.54, 1.807) is 6.07 Å². The van der Waals surface area contributed by atoms with Crippen LogP contribution in [-0.4, -0.2) is 21.0 Å². The number of carboxylic acid groups (broad SMARTS) is 1. The highest BCUT2D eigenvalue weighted by atomic mass is 127. The lowest BCUT2D eigenvalue weighted by Crippen LogP contribution is -1.99. The standard InChI is InChI=1S/C12H6BrIN2O5/c13-8-4-7(16(19)20)5-15-11(8)21-10-3-6(12(17)18)1-2-9(10)14/h1-5H,(H,17,18). The van der Waals surface area contributed by atoms with Gasteiger partial charge in [0, 0.05) is 6.07 Å². The van der Waals surface area contributed by atoms with Gasteiger partial charge < -0.3 is 9.84 Å². The summed E-state index contributed by atoms with van der Waals surface area (Å²) in [6, 6.07) is 5.67. The molecule has 108 valence electrons. The second-order valence-corrected chi connectivity index (χ2v) is 5.81. The Hall–Kier alpha value is -1.75. The Bertz CT molecular complexity index is 738. The number of aromatic carboxylic acids is 1. The van der Waals surface area contributed by atoms with Crippen molar-refractivity contribution in [1.29, 1.82) is 0 Å². The normalized spacial score (nSPS) is 10.2. The van der Waals surface area contributed by atoms with Crippen LogP contribution >= 0.6 is 38.5 Å². The van der Waals surface area contributed by atoms with E-state index < -0.39 is 10.9 Å². The smallest absolute Gasteiger partial charge is 0.335 e. The van der Waals surface area contributed by atoms with Crippen molar-refractivity contribution in [1.82, 2.24) is 4.98 Å². The molecule has 7 nitrogen and oxygen atoms in total. The summed E-state index contributed by atoms with van der Waals surface area (Å²) in [5, 5.41) is 19.6. The number of pyridine rings is 1. The SMILES string of the molecule is O=C(O)c1ccc(I)c(Oc2ncc([N+](=O)[O-])cc2Br)c1. The number of ether oxygens (including phenoxy) is 1. The predicted molar refractivity (Wildman–Crippen MR) is 84.8 cm³/mol. The number of carboxylic acids is 1. The van der Waals surface area contributed by atoms with E-state index in [4.69, 9.17) is 9.84 Å². The Kier molecular flexibility index (Phi) is 4.73. The van der Waals surface area contributed by atoms with E-state index in [1.807, 2.05) is 22.6 Å². The van der Waals surface area contributed by atoms with Gasteiger partial charge in [-0.05, 0) is 56.7 Å². The minimum Gasteiger partial charge on any atom is -0.478 e. The molecule has 0 saturated heterocycles. The second kappa shape index (κ2) is 6.35. The number of hydrogen-bond acceptors (Lipinski definition) is 5. The Morgan fingerprint density at radius 3 is 2.71 bits per heavy atom. The third-order valence-corrected chi connectivity index (χ3v) is 3.85. The van der Waals surface area contributed by atoms with Crippen LogP contribution in [0.3, 0.4) is 0 Å². The molecule has 0 aliphatic carbocycles. The minimum atomic E-state index is -1.08. The molecule has 1 N–H and O–H groups in total. The molecule has 0 aliphatic rings. The van der Waals surface area contributed by atoms with Gasteiger partial charge in [-0.3, -0.25) is 10.1 Å². The molecule has 0 radical (unpaired) electrons. The van der Waals surface area contributed by atoms with Crippen molar-refractivity contribution in [3.8, 4) is 11.6 Å². The summed E-state index contributed by atoms with van der Waals surface area (Å²) in [5.74, 6) is -0.661. The van der Waals surface area contributed by atoms with Crippen LogP contribution in [-0.2, 0) is 0 Å². The number of carbonyl (C=O) groups is 1. The molecule has 0 spiro atoms. The molecule has 9 heteroatoms. The molecule has 0 aliphatic heterocycles. The molecule has 1 aromatic carbocycles. The van der Waals surface area contributed by atoms with Gasteiger partial charge in [-0.15, -0.1) is 0 Å². The average Bonchev–Trinajstić information content (AvgIpc) is 2.42. The molecule has 2 aromatic rings. The largest absolute Gasteiger partial charge is 0.478 e. The number of benzene rings is 1. The fourth-order valence-electron chi connectivity index (χ4n) is 1.41. The first-order valence-electron chi connectivity index (χ1n) is 5.39. The van der Waals surface area contributed by atoms with Crippen molar-refractivity contribution < 1.29 is 19.6 Å². The van der Waals surface area contributed by atoms with Gasteiger partial charge in [-0.1, -0.05) is 0 Å². The van der Waals surface area contributed by atoms with E-state index >= 15 is 0 Å². The lowest BCUT2D eigenvalue weighted by Gasteiger charge is -2.09. The zero-order valence-electron chi connectivity index (χ0n) is 10.1. The summed E-state index contributed by atoms with van der Waals surface area (Å²) >= 11 is 5.12. The Balaban J connectivity index is 2.36. The van der Waals surface area contributed by atoms with Crippen molar-refractivity contribution >= 4 is 50.2 Å². The Morgan fingerprint density at radius 1 is 1.43 bits per heavy atom. The quantitative estimate of drug-likeness (QED) is 0.419. The van der Waals surface area contributed by atoms with Crippen molar-refractivity contribution in [3.63, 3.8) is 0 Å². The maximum Gasteiger partial charge on any atom is 0.335 e. The van der Waals surface area contributed by atoms with Crippen molar-refractivity contribution in [3.05, 3.63) is 54.2 Å². The van der Waals surface area contributed by atoms with Crippen LogP contribution in [0.4, 0.5) is 5.69 Å². The van der Waals surface area contributed by atoms with Gasteiger partial charge in [-0.25, -0.2) is 9.78 Å². The van der Waals surface area contributed by atoms with Gasteiger partial charge in [0.1, 0.15) is 11.9 Å². The first kappa shape index (κ1) is 15.6. The third kappa shape index (κ3) is 3.67. The molecule has 0 atom stereocenters. The monoisotopic (exact) mass is 464 g/mol. The maximum absolute atomic E-state index is 10.9. The third-order valence-electron chi connectivity index (χ3n) is 2.39. The zero-order valence-corrected chi connectivity index (χ0v) is 13.9. The summed E-state index contributed by atoms with van der Waals surface area (Å²) in [7, 11) is 0. The molecule has 1 aromatic heterocycles. The van der Waals surface area contributed by atoms with Crippen molar-refractivity contribution in [2.45, 2.75) is 0 Å². The number of rotatable bonds is 4. The summed E-state index contributed by atoms with van der Waals surface area (Å²) in [6.07, 6.45) is 1.06. The van der Waals surface area contributed by atoms with E-state index in [0.717, 1.165) is 6.20 Å². The van der Waals surface area contributed by atoms with Crippen LogP contribution in [0.1, 0.15) is 10.4 Å². The lowest BCUT2D eigenvalue weighted by atomic mass is 10.2. The number of hydrogen-bond donors (Lipinski definition) is 1. The zero-order chi connectivity index (χ0) is 15.6. The second-order valence-electron chi connectivity index (χ2n) is 3.79. The molecular formula is C12H6BrIN2O5. The molecule has 21 heavy (non-hydrogen) atoms. The van der Waals surface area contributed by atoms with Crippen LogP contribution in [0.5, 0.6) is 11.6 Å². The van der Waals surface area contributed by atoms with Crippen molar-refractivity contribution in [2.24, 2.45) is 0 Å². The fourth-order valence-corrected chi connectivity index (χ4v) is 2.27. The summed E-state index contributed by atoms with van der Waals surface area (Å²) in [5.41, 5.74) is -0.105. The van der Waals surface area contributed by atoms with Crippen LogP contribution in [0, 0.1) is 13.7 Å². The highest BCUT2D eigenvalue weighted by Crippen LogP contribution is 2.32. The van der Waals surface area contributed by atoms with E-state index in [2.05, 4.69) is 20.9 Å². The Morgan fingerprint density at radius 2 is 2.14 bits per heavy atom. The Labute approximate surface area is 140 Å². The molecule has 2 rings (SSSR count). The molecule has 0 amide bonds. The molecule has 1 heterocycles. The fraction of sp³-hybridized carbons (Fsp3) is 0. The van der Waals surface area contributed by atoms with E-state index in [1.165, 1.54) is 18.2 Å². The van der Waals surface area contributed by atoms with Crippen LogP contribution < -0.4 is 4.74 Å². The van der Waals surface area contributed by atoms with Crippen molar-refractivity contribution in [2.75, 3.05) is 0 Å². The van der Waals surface area contributed by atoms with Crippen LogP contribution in [0.2, 0.25) is 0 Å². The molecule has 0 unspecified atom stereocenters. The highest BCUT2D eigenvalue weighted by Gasteiger charge is 2.14.